The molecule has 1 aliphatic heterocycles. The Kier molecular flexibility index (Phi) is 2.03. The summed E-state index contributed by atoms with van der Waals surface area (Å²) in [5.74, 6) is -0.691. The van der Waals surface area contributed by atoms with Crippen molar-refractivity contribution in [1.82, 2.24) is 0 Å². The first kappa shape index (κ1) is 9.45. The van der Waals surface area contributed by atoms with Gasteiger partial charge in [-0.2, -0.15) is 10.5 Å². The van der Waals surface area contributed by atoms with E-state index in [4.69, 9.17) is 10.5 Å². The van der Waals surface area contributed by atoms with Gasteiger partial charge in [0.15, 0.2) is 0 Å². The maximum atomic E-state index is 11.4. The van der Waals surface area contributed by atoms with Crippen LogP contribution in [0, 0.1) is 22.7 Å². The van der Waals surface area contributed by atoms with Gasteiger partial charge in [-0.1, -0.05) is 0 Å². The lowest BCUT2D eigenvalue weighted by Gasteiger charge is -1.99. The third kappa shape index (κ3) is 1.22. The average molecular weight is 214 g/mol. The van der Waals surface area contributed by atoms with Gasteiger partial charge in [0.1, 0.15) is 6.07 Å². The van der Waals surface area contributed by atoms with Crippen molar-refractivity contribution < 1.29 is 9.59 Å². The molecule has 1 aromatic rings. The van der Waals surface area contributed by atoms with Gasteiger partial charge in [0, 0.05) is 4.90 Å². The van der Waals surface area contributed by atoms with Crippen molar-refractivity contribution in [2.45, 2.75) is 4.90 Å². The van der Waals surface area contributed by atoms with Crippen molar-refractivity contribution >= 4 is 22.7 Å². The van der Waals surface area contributed by atoms with Crippen LogP contribution in [0.4, 0.5) is 0 Å². The Hall–Kier alpha value is -2.11. The van der Waals surface area contributed by atoms with Gasteiger partial charge in [-0.05, 0) is 23.9 Å². The van der Waals surface area contributed by atoms with Crippen LogP contribution in [-0.4, -0.2) is 10.9 Å². The molecular weight excluding hydrogens is 212 g/mol. The zero-order valence-electron chi connectivity index (χ0n) is 7.27. The first-order valence-corrected chi connectivity index (χ1v) is 4.74. The Morgan fingerprint density at radius 1 is 1.07 bits per heavy atom. The average Bonchev–Trinajstić information content (AvgIpc) is 2.55. The van der Waals surface area contributed by atoms with Gasteiger partial charge in [0.05, 0.1) is 22.8 Å². The van der Waals surface area contributed by atoms with Gasteiger partial charge in [-0.25, -0.2) is 0 Å². The van der Waals surface area contributed by atoms with Gasteiger partial charge in [0.2, 0.25) is 5.78 Å². The molecule has 0 radical (unpaired) electrons. The molecule has 0 N–H and O–H groups in total. The van der Waals surface area contributed by atoms with Gasteiger partial charge < -0.3 is 0 Å². The summed E-state index contributed by atoms with van der Waals surface area (Å²) in [6.45, 7) is 0. The number of benzene rings is 1. The number of thioether (sulfide) groups is 1. The van der Waals surface area contributed by atoms with E-state index >= 15 is 0 Å². The summed E-state index contributed by atoms with van der Waals surface area (Å²) >= 11 is 0.718. The minimum Gasteiger partial charge on any atom is -0.284 e. The van der Waals surface area contributed by atoms with Gasteiger partial charge in [0.25, 0.3) is 5.12 Å². The smallest absolute Gasteiger partial charge is 0.264 e. The predicted octanol–water partition coefficient (Wildman–Crippen LogP) is 1.24. The molecule has 0 atom stereocenters. The zero-order valence-corrected chi connectivity index (χ0v) is 8.09. The molecule has 0 bridgehead atoms. The highest BCUT2D eigenvalue weighted by molar-refractivity contribution is 8.16. The number of rotatable bonds is 0. The molecule has 0 saturated heterocycles. The van der Waals surface area contributed by atoms with E-state index in [0.29, 0.717) is 4.90 Å². The molecule has 1 aromatic carbocycles. The van der Waals surface area contributed by atoms with E-state index in [1.807, 2.05) is 12.1 Å². The number of Topliss-reactive ketones (excluding diaryl/α,β-unsaturated/α-hetero) is 1. The fraction of sp³-hybridized carbons (Fsp3) is 0. The summed E-state index contributed by atoms with van der Waals surface area (Å²) in [7, 11) is 0. The van der Waals surface area contributed by atoms with Crippen LogP contribution < -0.4 is 0 Å². The largest absolute Gasteiger partial charge is 0.284 e. The van der Waals surface area contributed by atoms with Crippen LogP contribution in [0.15, 0.2) is 17.0 Å². The van der Waals surface area contributed by atoms with Crippen molar-refractivity contribution in [2.24, 2.45) is 0 Å². The van der Waals surface area contributed by atoms with E-state index in [1.54, 1.807) is 0 Å². The van der Waals surface area contributed by atoms with E-state index in [9.17, 15) is 9.59 Å². The molecule has 0 aliphatic carbocycles. The summed E-state index contributed by atoms with van der Waals surface area (Å²) in [4.78, 5) is 22.9. The summed E-state index contributed by atoms with van der Waals surface area (Å²) in [6.07, 6.45) is 0. The fourth-order valence-corrected chi connectivity index (χ4v) is 2.24. The number of nitriles is 2. The number of hydrogen-bond donors (Lipinski definition) is 0. The molecule has 5 heteroatoms. The van der Waals surface area contributed by atoms with Crippen LogP contribution in [0.1, 0.15) is 21.5 Å². The minimum absolute atomic E-state index is 0.0755. The van der Waals surface area contributed by atoms with E-state index in [-0.39, 0.29) is 16.7 Å². The molecule has 0 aromatic heterocycles. The van der Waals surface area contributed by atoms with Gasteiger partial charge in [-0.15, -0.1) is 0 Å². The highest BCUT2D eigenvalue weighted by Gasteiger charge is 2.34. The van der Waals surface area contributed by atoms with Crippen molar-refractivity contribution in [2.75, 3.05) is 0 Å². The predicted molar refractivity (Wildman–Crippen MR) is 51.1 cm³/mol. The maximum Gasteiger partial charge on any atom is 0.264 e. The molecule has 15 heavy (non-hydrogen) atoms. The molecule has 1 heterocycles. The molecule has 0 unspecified atom stereocenters. The number of carbonyl (C=O) groups excluding carboxylic acids is 2. The molecule has 70 valence electrons. The second kappa shape index (κ2) is 3.23. The van der Waals surface area contributed by atoms with E-state index in [0.717, 1.165) is 11.8 Å². The lowest BCUT2D eigenvalue weighted by molar-refractivity contribution is -0.107. The zero-order chi connectivity index (χ0) is 11.0. The lowest BCUT2D eigenvalue weighted by Crippen LogP contribution is -2.04. The van der Waals surface area contributed by atoms with Gasteiger partial charge in [-0.3, -0.25) is 9.59 Å². The number of hydrogen-bond acceptors (Lipinski definition) is 5. The Bertz CT molecular complexity index is 578. The van der Waals surface area contributed by atoms with Crippen molar-refractivity contribution in [3.05, 3.63) is 28.8 Å². The summed E-state index contributed by atoms with van der Waals surface area (Å²) in [6, 6.07) is 6.54. The molecule has 1 aliphatic rings. The van der Waals surface area contributed by atoms with Gasteiger partial charge >= 0.3 is 0 Å². The number of fused-ring (bicyclic) bond motifs is 1. The molecule has 0 amide bonds. The first-order chi connectivity index (χ1) is 7.19. The quantitative estimate of drug-likeness (QED) is 0.607. The molecule has 2 rings (SSSR count). The molecular formula is C10H2N2O2S. The fourth-order valence-electron chi connectivity index (χ4n) is 1.34. The number of nitrogens with zero attached hydrogens (tertiary/aromatic N) is 2. The van der Waals surface area contributed by atoms with Crippen molar-refractivity contribution in [3.63, 3.8) is 0 Å². The highest BCUT2D eigenvalue weighted by Crippen LogP contribution is 2.36. The van der Waals surface area contributed by atoms with Crippen LogP contribution in [0.3, 0.4) is 0 Å². The van der Waals surface area contributed by atoms with Crippen LogP contribution in [-0.2, 0) is 4.79 Å². The summed E-state index contributed by atoms with van der Waals surface area (Å²) in [5.41, 5.74) is 0.479. The Morgan fingerprint density at radius 3 is 2.27 bits per heavy atom. The molecule has 0 spiro atoms. The van der Waals surface area contributed by atoms with Crippen molar-refractivity contribution in [3.8, 4) is 12.1 Å². The summed E-state index contributed by atoms with van der Waals surface area (Å²) < 4.78 is 0. The monoisotopic (exact) mass is 214 g/mol. The third-order valence-electron chi connectivity index (χ3n) is 2.01. The van der Waals surface area contributed by atoms with E-state index in [1.165, 1.54) is 12.1 Å². The van der Waals surface area contributed by atoms with Crippen molar-refractivity contribution in [1.29, 1.82) is 10.5 Å². The van der Waals surface area contributed by atoms with Crippen LogP contribution in [0.5, 0.6) is 0 Å². The molecule has 4 nitrogen and oxygen atoms in total. The lowest BCUT2D eigenvalue weighted by atomic mass is 10.0. The molecule has 0 saturated carbocycles. The number of carbonyl (C=O) groups is 2. The topological polar surface area (TPSA) is 81.7 Å². The molecule has 0 fully saturated rings. The minimum atomic E-state index is -0.691. The Balaban J connectivity index is 2.82. The third-order valence-corrected chi connectivity index (χ3v) is 3.00. The van der Waals surface area contributed by atoms with Crippen LogP contribution in [0.2, 0.25) is 0 Å². The van der Waals surface area contributed by atoms with Crippen LogP contribution in [0.25, 0.3) is 0 Å². The Morgan fingerprint density at radius 2 is 1.67 bits per heavy atom. The number of ketones is 1. The second-order valence-corrected chi connectivity index (χ2v) is 3.79. The van der Waals surface area contributed by atoms with E-state index < -0.39 is 10.9 Å². The maximum absolute atomic E-state index is 11.4. The standard InChI is InChI=1S/C10H2N2O2S/c11-3-5-1-2-6(4-12)9-7(5)8(13)10(14)15-9/h1-2H. The first-order valence-electron chi connectivity index (χ1n) is 3.92. The highest BCUT2D eigenvalue weighted by atomic mass is 32.2. The second-order valence-electron chi connectivity index (χ2n) is 2.81. The Labute approximate surface area is 89.1 Å². The van der Waals surface area contributed by atoms with E-state index in [2.05, 4.69) is 0 Å². The SMILES string of the molecule is N#Cc1ccc(C#N)c2c1SC(=O)C2=O. The summed E-state index contributed by atoms with van der Waals surface area (Å²) in [5, 5.41) is 16.9. The van der Waals surface area contributed by atoms with Crippen LogP contribution >= 0.6 is 11.8 Å². The normalized spacial score (nSPS) is 13.2.